The van der Waals surface area contributed by atoms with Crippen LogP contribution in [0.15, 0.2) is 24.3 Å². The fraction of sp³-hybridized carbons (Fsp3) is 0.471. The van der Waals surface area contributed by atoms with E-state index >= 15 is 0 Å². The lowest BCUT2D eigenvalue weighted by molar-refractivity contribution is -0.141. The molecule has 2 rings (SSSR count). The molecule has 1 heterocycles. The molecule has 23 heavy (non-hydrogen) atoms. The Balaban J connectivity index is 2.09. The summed E-state index contributed by atoms with van der Waals surface area (Å²) in [5.41, 5.74) is 0.246. The van der Waals surface area contributed by atoms with E-state index in [0.29, 0.717) is 11.4 Å². The largest absolute Gasteiger partial charge is 0.443 e. The van der Waals surface area contributed by atoms with Gasteiger partial charge in [-0.05, 0) is 44.9 Å². The lowest BCUT2D eigenvalue weighted by Crippen LogP contribution is -2.50. The fourth-order valence-corrected chi connectivity index (χ4v) is 2.52. The Kier molecular flexibility index (Phi) is 5.09. The second kappa shape index (κ2) is 6.71. The van der Waals surface area contributed by atoms with E-state index in [0.717, 1.165) is 10.5 Å². The van der Waals surface area contributed by atoms with Gasteiger partial charge in [0.05, 0.1) is 6.42 Å². The van der Waals surface area contributed by atoms with E-state index in [4.69, 9.17) is 16.3 Å². The maximum Gasteiger partial charge on any atom is 0.417 e. The highest BCUT2D eigenvalue weighted by Gasteiger charge is 2.37. The van der Waals surface area contributed by atoms with Crippen LogP contribution in [0.2, 0.25) is 5.02 Å². The van der Waals surface area contributed by atoms with Crippen LogP contribution in [0.1, 0.15) is 32.8 Å². The maximum atomic E-state index is 12.1. The van der Waals surface area contributed by atoms with E-state index in [1.807, 2.05) is 12.1 Å². The van der Waals surface area contributed by atoms with E-state index in [-0.39, 0.29) is 18.7 Å². The Labute approximate surface area is 140 Å². The number of carbonyl (C=O) groups excluding carboxylic acids is 3. The number of carbonyl (C=O) groups is 3. The average Bonchev–Trinajstić information content (AvgIpc) is 2.42. The summed E-state index contributed by atoms with van der Waals surface area (Å²) >= 11 is 5.85. The fourth-order valence-electron chi connectivity index (χ4n) is 2.39. The topological polar surface area (TPSA) is 63.7 Å². The van der Waals surface area contributed by atoms with Crippen molar-refractivity contribution in [3.05, 3.63) is 34.9 Å². The number of Topliss-reactive ketones (excluding diaryl/α,β-unsaturated/α-hetero) is 1. The molecule has 1 fully saturated rings. The molecular weight excluding hydrogens is 318 g/mol. The van der Waals surface area contributed by atoms with Crippen LogP contribution < -0.4 is 0 Å². The van der Waals surface area contributed by atoms with Gasteiger partial charge in [0, 0.05) is 17.5 Å². The van der Waals surface area contributed by atoms with Gasteiger partial charge in [0.15, 0.2) is 0 Å². The van der Waals surface area contributed by atoms with Crippen molar-refractivity contribution in [3.8, 4) is 0 Å². The smallest absolute Gasteiger partial charge is 0.417 e. The number of ketones is 1. The predicted molar refractivity (Wildman–Crippen MR) is 86.2 cm³/mol. The highest BCUT2D eigenvalue weighted by atomic mass is 35.5. The summed E-state index contributed by atoms with van der Waals surface area (Å²) in [6, 6.07) is 7.18. The highest BCUT2D eigenvalue weighted by molar-refractivity contribution is 6.30. The van der Waals surface area contributed by atoms with Gasteiger partial charge in [-0.25, -0.2) is 9.69 Å². The molecule has 0 saturated carbocycles. The molecule has 1 saturated heterocycles. The molecule has 2 amide bonds. The number of likely N-dealkylation sites (tertiary alicyclic amines) is 1. The third-order valence-electron chi connectivity index (χ3n) is 3.49. The number of amides is 2. The van der Waals surface area contributed by atoms with Gasteiger partial charge in [0.2, 0.25) is 5.91 Å². The summed E-state index contributed by atoms with van der Waals surface area (Å²) in [5, 5.41) is 0.620. The first-order chi connectivity index (χ1) is 10.7. The number of benzene rings is 1. The summed E-state index contributed by atoms with van der Waals surface area (Å²) in [5.74, 6) is -1.07. The molecule has 5 nitrogen and oxygen atoms in total. The molecule has 6 heteroatoms. The minimum Gasteiger partial charge on any atom is -0.443 e. The van der Waals surface area contributed by atoms with Gasteiger partial charge in [-0.2, -0.15) is 0 Å². The minimum atomic E-state index is -0.698. The molecule has 0 N–H and O–H groups in total. The Morgan fingerprint density at radius 1 is 1.26 bits per heavy atom. The molecule has 1 atom stereocenters. The molecule has 1 aliphatic heterocycles. The molecule has 1 aliphatic rings. The lowest BCUT2D eigenvalue weighted by atomic mass is 9.90. The van der Waals surface area contributed by atoms with Crippen molar-refractivity contribution in [3.63, 3.8) is 0 Å². The molecule has 0 aromatic heterocycles. The third-order valence-corrected chi connectivity index (χ3v) is 3.75. The number of hydrogen-bond acceptors (Lipinski definition) is 4. The van der Waals surface area contributed by atoms with Crippen LogP contribution in [-0.4, -0.2) is 34.8 Å². The highest BCUT2D eigenvalue weighted by Crippen LogP contribution is 2.22. The van der Waals surface area contributed by atoms with Gasteiger partial charge in [0.1, 0.15) is 11.4 Å². The molecule has 1 unspecified atom stereocenters. The van der Waals surface area contributed by atoms with Crippen molar-refractivity contribution in [2.75, 3.05) is 6.54 Å². The zero-order valence-electron chi connectivity index (χ0n) is 13.5. The quantitative estimate of drug-likeness (QED) is 0.777. The number of ether oxygens (including phenoxy) is 1. The first-order valence-corrected chi connectivity index (χ1v) is 7.84. The summed E-state index contributed by atoms with van der Waals surface area (Å²) in [6.07, 6.45) is -0.504. The second-order valence-corrected chi connectivity index (χ2v) is 7.09. The van der Waals surface area contributed by atoms with E-state index in [9.17, 15) is 14.4 Å². The molecule has 0 spiro atoms. The monoisotopic (exact) mass is 337 g/mol. The SMILES string of the molecule is CC(C)(C)OC(=O)N1CC(Cc2ccc(Cl)cc2)C(=O)CC1=O. The summed E-state index contributed by atoms with van der Waals surface area (Å²) in [7, 11) is 0. The molecule has 0 radical (unpaired) electrons. The van der Waals surface area contributed by atoms with Crippen molar-refractivity contribution in [2.24, 2.45) is 5.92 Å². The van der Waals surface area contributed by atoms with E-state index < -0.39 is 23.5 Å². The second-order valence-electron chi connectivity index (χ2n) is 6.66. The van der Waals surface area contributed by atoms with Crippen LogP contribution in [0.25, 0.3) is 0 Å². The standard InChI is InChI=1S/C17H20ClNO4/c1-17(2,3)23-16(22)19-10-12(14(20)9-15(19)21)8-11-4-6-13(18)7-5-11/h4-7,12H,8-10H2,1-3H3. The molecule has 124 valence electrons. The first-order valence-electron chi connectivity index (χ1n) is 7.46. The minimum absolute atomic E-state index is 0.0508. The van der Waals surface area contributed by atoms with E-state index in [1.54, 1.807) is 32.9 Å². The molecule has 1 aromatic rings. The van der Waals surface area contributed by atoms with E-state index in [1.165, 1.54) is 0 Å². The molecule has 0 bridgehead atoms. The summed E-state index contributed by atoms with van der Waals surface area (Å²) in [4.78, 5) is 37.2. The number of nitrogens with zero attached hydrogens (tertiary/aromatic N) is 1. The van der Waals surface area contributed by atoms with Crippen LogP contribution in [-0.2, 0) is 20.7 Å². The van der Waals surface area contributed by atoms with Crippen LogP contribution >= 0.6 is 11.6 Å². The molecule has 0 aliphatic carbocycles. The van der Waals surface area contributed by atoms with Crippen molar-refractivity contribution in [1.82, 2.24) is 4.90 Å². The Morgan fingerprint density at radius 3 is 2.43 bits per heavy atom. The Hall–Kier alpha value is -1.88. The summed E-state index contributed by atoms with van der Waals surface area (Å²) in [6.45, 7) is 5.25. The maximum absolute atomic E-state index is 12.1. The van der Waals surface area contributed by atoms with Crippen LogP contribution in [0.3, 0.4) is 0 Å². The lowest BCUT2D eigenvalue weighted by Gasteiger charge is -2.32. The van der Waals surface area contributed by atoms with Gasteiger partial charge >= 0.3 is 6.09 Å². The zero-order valence-corrected chi connectivity index (χ0v) is 14.2. The van der Waals surface area contributed by atoms with Crippen molar-refractivity contribution in [1.29, 1.82) is 0 Å². The third kappa shape index (κ3) is 4.79. The molecule has 1 aromatic carbocycles. The average molecular weight is 338 g/mol. The Bertz CT molecular complexity index is 618. The Morgan fingerprint density at radius 2 is 1.87 bits per heavy atom. The van der Waals surface area contributed by atoms with Crippen molar-refractivity contribution < 1.29 is 19.1 Å². The van der Waals surface area contributed by atoms with E-state index in [2.05, 4.69) is 0 Å². The normalized spacial score (nSPS) is 19.0. The van der Waals surface area contributed by atoms with Gasteiger partial charge < -0.3 is 4.74 Å². The summed E-state index contributed by atoms with van der Waals surface area (Å²) < 4.78 is 5.23. The number of piperidine rings is 1. The van der Waals surface area contributed by atoms with Gasteiger partial charge in [0.25, 0.3) is 0 Å². The van der Waals surface area contributed by atoms with Gasteiger partial charge in [-0.3, -0.25) is 9.59 Å². The number of imide groups is 1. The first kappa shape index (κ1) is 17.5. The number of rotatable bonds is 2. The van der Waals surface area contributed by atoms with Gasteiger partial charge in [-0.1, -0.05) is 23.7 Å². The van der Waals surface area contributed by atoms with Crippen LogP contribution in [0.5, 0.6) is 0 Å². The van der Waals surface area contributed by atoms with Crippen molar-refractivity contribution >= 4 is 29.4 Å². The predicted octanol–water partition coefficient (Wildman–Crippen LogP) is 3.24. The number of hydrogen-bond donors (Lipinski definition) is 0. The zero-order chi connectivity index (χ0) is 17.2. The van der Waals surface area contributed by atoms with Crippen LogP contribution in [0.4, 0.5) is 4.79 Å². The number of halogens is 1. The molecular formula is C17H20ClNO4. The van der Waals surface area contributed by atoms with Gasteiger partial charge in [-0.15, -0.1) is 0 Å². The van der Waals surface area contributed by atoms with Crippen LogP contribution in [0, 0.1) is 5.92 Å². The van der Waals surface area contributed by atoms with Crippen molar-refractivity contribution in [2.45, 2.75) is 39.2 Å².